The average molecular weight is 406 g/mol. The van der Waals surface area contributed by atoms with Crippen molar-refractivity contribution in [2.24, 2.45) is 0 Å². The number of oxazole rings is 1. The van der Waals surface area contributed by atoms with E-state index in [0.29, 0.717) is 33.8 Å². The molecule has 1 aromatic carbocycles. The summed E-state index contributed by atoms with van der Waals surface area (Å²) < 4.78 is 17.0. The van der Waals surface area contributed by atoms with Crippen molar-refractivity contribution < 1.29 is 18.7 Å². The molecule has 2 heterocycles. The quantitative estimate of drug-likeness (QED) is 0.561. The van der Waals surface area contributed by atoms with E-state index >= 15 is 0 Å². The molecule has 0 atom stereocenters. The van der Waals surface area contributed by atoms with Crippen molar-refractivity contribution in [1.82, 2.24) is 9.97 Å². The van der Waals surface area contributed by atoms with E-state index in [2.05, 4.69) is 15.3 Å². The molecule has 142 valence electrons. The normalized spacial score (nSPS) is 10.6. The number of methoxy groups -OCH3 is 2. The van der Waals surface area contributed by atoms with Crippen LogP contribution in [0, 0.1) is 0 Å². The van der Waals surface area contributed by atoms with Crippen molar-refractivity contribution in [2.75, 3.05) is 19.5 Å². The van der Waals surface area contributed by atoms with Crippen molar-refractivity contribution in [1.29, 1.82) is 0 Å². The van der Waals surface area contributed by atoms with Gasteiger partial charge in [-0.05, 0) is 12.1 Å². The number of rotatable bonds is 8. The summed E-state index contributed by atoms with van der Waals surface area (Å²) >= 11 is 2.95. The van der Waals surface area contributed by atoms with E-state index in [1.165, 1.54) is 18.4 Å². The van der Waals surface area contributed by atoms with Gasteiger partial charge in [-0.3, -0.25) is 10.1 Å². The molecule has 0 spiro atoms. The number of nitrogens with zero attached hydrogens (tertiary/aromatic N) is 2. The van der Waals surface area contributed by atoms with Gasteiger partial charge in [0.1, 0.15) is 17.3 Å². The van der Waals surface area contributed by atoms with Crippen LogP contribution >= 0.6 is 23.1 Å². The zero-order valence-electron chi connectivity index (χ0n) is 15.1. The SMILES string of the molecule is CCc1cnc(CSc2cnc(NC(=O)c3ccc(OC)cc3OC)s2)o1. The Labute approximate surface area is 165 Å². The summed E-state index contributed by atoms with van der Waals surface area (Å²) in [5.41, 5.74) is 0.412. The first-order chi connectivity index (χ1) is 13.1. The zero-order valence-corrected chi connectivity index (χ0v) is 16.8. The number of hydrogen-bond donors (Lipinski definition) is 1. The third kappa shape index (κ3) is 4.81. The molecule has 7 nitrogen and oxygen atoms in total. The summed E-state index contributed by atoms with van der Waals surface area (Å²) in [6, 6.07) is 5.03. The van der Waals surface area contributed by atoms with Gasteiger partial charge in [-0.25, -0.2) is 9.97 Å². The van der Waals surface area contributed by atoms with Gasteiger partial charge in [-0.1, -0.05) is 18.3 Å². The fourth-order valence-electron chi connectivity index (χ4n) is 2.25. The molecule has 27 heavy (non-hydrogen) atoms. The second-order valence-electron chi connectivity index (χ2n) is 5.37. The lowest BCUT2D eigenvalue weighted by atomic mass is 10.2. The molecular weight excluding hydrogens is 386 g/mol. The Morgan fingerprint density at radius 2 is 2.11 bits per heavy atom. The molecule has 3 rings (SSSR count). The Hall–Kier alpha value is -2.52. The number of anilines is 1. The van der Waals surface area contributed by atoms with Gasteiger partial charge in [0, 0.05) is 12.5 Å². The minimum absolute atomic E-state index is 0.291. The van der Waals surface area contributed by atoms with E-state index in [1.54, 1.807) is 49.5 Å². The van der Waals surface area contributed by atoms with Crippen molar-refractivity contribution in [3.63, 3.8) is 0 Å². The van der Waals surface area contributed by atoms with Gasteiger partial charge in [-0.15, -0.1) is 11.8 Å². The van der Waals surface area contributed by atoms with Crippen LogP contribution in [-0.2, 0) is 12.2 Å². The summed E-state index contributed by atoms with van der Waals surface area (Å²) in [4.78, 5) is 21.0. The second-order valence-corrected chi connectivity index (χ2v) is 7.67. The Morgan fingerprint density at radius 3 is 2.81 bits per heavy atom. The predicted octanol–water partition coefficient (Wildman–Crippen LogP) is 4.26. The summed E-state index contributed by atoms with van der Waals surface area (Å²) in [7, 11) is 3.07. The second kappa shape index (κ2) is 8.92. The highest BCUT2D eigenvalue weighted by Crippen LogP contribution is 2.31. The Morgan fingerprint density at radius 1 is 1.26 bits per heavy atom. The molecule has 0 bridgehead atoms. The van der Waals surface area contributed by atoms with Gasteiger partial charge in [0.2, 0.25) is 5.89 Å². The molecule has 1 amide bonds. The number of aryl methyl sites for hydroxylation is 1. The summed E-state index contributed by atoms with van der Waals surface area (Å²) in [6.07, 6.45) is 4.29. The van der Waals surface area contributed by atoms with Crippen LogP contribution in [0.4, 0.5) is 5.13 Å². The van der Waals surface area contributed by atoms with Gasteiger partial charge in [0.15, 0.2) is 5.13 Å². The average Bonchev–Trinajstić information content (AvgIpc) is 3.34. The molecule has 0 saturated carbocycles. The maximum atomic E-state index is 12.5. The number of hydrogen-bond acceptors (Lipinski definition) is 8. The number of thiazole rings is 1. The lowest BCUT2D eigenvalue weighted by Crippen LogP contribution is -2.13. The lowest BCUT2D eigenvalue weighted by Gasteiger charge is -2.09. The highest BCUT2D eigenvalue weighted by atomic mass is 32.2. The first-order valence-electron chi connectivity index (χ1n) is 8.18. The maximum absolute atomic E-state index is 12.5. The number of aromatic nitrogens is 2. The van der Waals surface area contributed by atoms with E-state index in [9.17, 15) is 4.79 Å². The van der Waals surface area contributed by atoms with E-state index in [-0.39, 0.29) is 5.91 Å². The van der Waals surface area contributed by atoms with Crippen LogP contribution in [0.2, 0.25) is 0 Å². The number of nitrogens with one attached hydrogen (secondary N) is 1. The van der Waals surface area contributed by atoms with Gasteiger partial charge < -0.3 is 13.9 Å². The molecule has 1 N–H and O–H groups in total. The molecular formula is C18H19N3O4S2. The number of carbonyl (C=O) groups excluding carboxylic acids is 1. The van der Waals surface area contributed by atoms with E-state index in [4.69, 9.17) is 13.9 Å². The highest BCUT2D eigenvalue weighted by molar-refractivity contribution is 8.00. The van der Waals surface area contributed by atoms with Crippen LogP contribution in [0.15, 0.2) is 39.2 Å². The smallest absolute Gasteiger partial charge is 0.261 e. The molecule has 0 aliphatic carbocycles. The van der Waals surface area contributed by atoms with Gasteiger partial charge in [0.05, 0.1) is 42.1 Å². The molecule has 0 aliphatic rings. The van der Waals surface area contributed by atoms with E-state index in [0.717, 1.165) is 16.4 Å². The van der Waals surface area contributed by atoms with E-state index in [1.807, 2.05) is 6.92 Å². The molecule has 3 aromatic rings. The van der Waals surface area contributed by atoms with Crippen LogP contribution in [-0.4, -0.2) is 30.1 Å². The molecule has 9 heteroatoms. The summed E-state index contributed by atoms with van der Waals surface area (Å²) in [5, 5.41) is 3.31. The van der Waals surface area contributed by atoms with Crippen molar-refractivity contribution >= 4 is 34.1 Å². The summed E-state index contributed by atoms with van der Waals surface area (Å²) in [5.74, 6) is 2.93. The fourth-order valence-corrected chi connectivity index (χ4v) is 3.97. The molecule has 0 aliphatic heterocycles. The van der Waals surface area contributed by atoms with Gasteiger partial charge >= 0.3 is 0 Å². The first-order valence-corrected chi connectivity index (χ1v) is 9.98. The van der Waals surface area contributed by atoms with Crippen molar-refractivity contribution in [3.8, 4) is 11.5 Å². The lowest BCUT2D eigenvalue weighted by molar-refractivity contribution is 0.102. The molecule has 2 aromatic heterocycles. The number of thioether (sulfide) groups is 1. The monoisotopic (exact) mass is 405 g/mol. The zero-order chi connectivity index (χ0) is 19.2. The molecule has 0 saturated heterocycles. The minimum Gasteiger partial charge on any atom is -0.497 e. The topological polar surface area (TPSA) is 86.5 Å². The molecule has 0 unspecified atom stereocenters. The summed E-state index contributed by atoms with van der Waals surface area (Å²) in [6.45, 7) is 2.02. The molecule has 0 fully saturated rings. The maximum Gasteiger partial charge on any atom is 0.261 e. The van der Waals surface area contributed by atoms with E-state index < -0.39 is 0 Å². The Bertz CT molecular complexity index is 923. The third-order valence-corrected chi connectivity index (χ3v) is 5.74. The third-order valence-electron chi connectivity index (χ3n) is 3.65. The largest absolute Gasteiger partial charge is 0.497 e. The van der Waals surface area contributed by atoms with Crippen LogP contribution in [0.25, 0.3) is 0 Å². The number of amides is 1. The van der Waals surface area contributed by atoms with Crippen molar-refractivity contribution in [2.45, 2.75) is 23.3 Å². The number of carbonyl (C=O) groups is 1. The Kier molecular flexibility index (Phi) is 6.36. The number of benzene rings is 1. The number of ether oxygens (including phenoxy) is 2. The Balaban J connectivity index is 1.62. The fraction of sp³-hybridized carbons (Fsp3) is 0.278. The standard InChI is InChI=1S/C18H19N3O4S2/c1-4-11-8-19-15(25-11)10-26-16-9-20-18(27-16)21-17(22)13-6-5-12(23-2)7-14(13)24-3/h5-9H,4,10H2,1-3H3,(H,20,21,22). The predicted molar refractivity (Wildman–Crippen MR) is 105 cm³/mol. The van der Waals surface area contributed by atoms with Crippen LogP contribution in [0.3, 0.4) is 0 Å². The first kappa shape index (κ1) is 19.2. The van der Waals surface area contributed by atoms with Crippen LogP contribution in [0.5, 0.6) is 11.5 Å². The van der Waals surface area contributed by atoms with Crippen LogP contribution < -0.4 is 14.8 Å². The molecule has 0 radical (unpaired) electrons. The highest BCUT2D eigenvalue weighted by Gasteiger charge is 2.15. The van der Waals surface area contributed by atoms with Crippen molar-refractivity contribution in [3.05, 3.63) is 47.8 Å². The van der Waals surface area contributed by atoms with Gasteiger partial charge in [0.25, 0.3) is 5.91 Å². The van der Waals surface area contributed by atoms with Crippen LogP contribution in [0.1, 0.15) is 28.9 Å². The minimum atomic E-state index is -0.291. The van der Waals surface area contributed by atoms with Gasteiger partial charge in [-0.2, -0.15) is 0 Å².